The normalized spacial score (nSPS) is 11.6. The average molecular weight is 455 g/mol. The highest BCUT2D eigenvalue weighted by Crippen LogP contribution is 1.98. The summed E-state index contributed by atoms with van der Waals surface area (Å²) in [6.07, 6.45) is 0. The zero-order valence-corrected chi connectivity index (χ0v) is 18.4. The standard InChI is InChI=1S/C16H33N5O2.HI/c1-8-17-15(19-10-9-18-14(23)12(2)3)21(7)11-13(22)20-16(4,5)6;/h12H,8-11H2,1-7H3,(H,17,19)(H,18,23)(H,20,22);1H. The van der Waals surface area contributed by atoms with Crippen LogP contribution in [0.3, 0.4) is 0 Å². The summed E-state index contributed by atoms with van der Waals surface area (Å²) in [6, 6.07) is 0. The second-order valence-electron chi connectivity index (χ2n) is 6.84. The van der Waals surface area contributed by atoms with Gasteiger partial charge in [-0.25, -0.2) is 0 Å². The van der Waals surface area contributed by atoms with Crippen LogP contribution in [-0.4, -0.2) is 61.4 Å². The van der Waals surface area contributed by atoms with E-state index in [0.717, 1.165) is 0 Å². The summed E-state index contributed by atoms with van der Waals surface area (Å²) in [5.41, 5.74) is -0.255. The van der Waals surface area contributed by atoms with Gasteiger partial charge in [-0.2, -0.15) is 0 Å². The van der Waals surface area contributed by atoms with Gasteiger partial charge in [-0.05, 0) is 27.7 Å². The van der Waals surface area contributed by atoms with Gasteiger partial charge in [0.1, 0.15) is 0 Å². The Morgan fingerprint density at radius 1 is 1.17 bits per heavy atom. The molecule has 0 heterocycles. The van der Waals surface area contributed by atoms with E-state index in [4.69, 9.17) is 0 Å². The minimum absolute atomic E-state index is 0. The van der Waals surface area contributed by atoms with Gasteiger partial charge in [-0.1, -0.05) is 13.8 Å². The van der Waals surface area contributed by atoms with E-state index in [1.165, 1.54) is 0 Å². The van der Waals surface area contributed by atoms with E-state index < -0.39 is 0 Å². The Kier molecular flexibility index (Phi) is 12.9. The number of amides is 2. The Bertz CT molecular complexity index is 419. The van der Waals surface area contributed by atoms with Crippen LogP contribution in [0.15, 0.2) is 4.99 Å². The molecule has 0 fully saturated rings. The van der Waals surface area contributed by atoms with Gasteiger partial charge in [0.25, 0.3) is 0 Å². The average Bonchev–Trinajstić information content (AvgIpc) is 2.39. The fourth-order valence-corrected chi connectivity index (χ4v) is 1.76. The van der Waals surface area contributed by atoms with E-state index in [1.54, 1.807) is 4.90 Å². The first-order chi connectivity index (χ1) is 10.6. The van der Waals surface area contributed by atoms with Crippen molar-refractivity contribution in [2.75, 3.05) is 33.2 Å². The highest BCUT2D eigenvalue weighted by Gasteiger charge is 2.16. The number of likely N-dealkylation sites (N-methyl/N-ethyl adjacent to an activating group) is 1. The molecule has 0 bridgehead atoms. The molecule has 0 rings (SSSR count). The number of nitrogens with zero attached hydrogens (tertiary/aromatic N) is 2. The van der Waals surface area contributed by atoms with Crippen LogP contribution in [0.1, 0.15) is 41.5 Å². The predicted molar refractivity (Wildman–Crippen MR) is 110 cm³/mol. The van der Waals surface area contributed by atoms with Crippen LogP contribution in [0.25, 0.3) is 0 Å². The van der Waals surface area contributed by atoms with Crippen molar-refractivity contribution in [2.45, 2.75) is 47.1 Å². The smallest absolute Gasteiger partial charge is 0.240 e. The van der Waals surface area contributed by atoms with E-state index in [2.05, 4.69) is 20.9 Å². The minimum Gasteiger partial charge on any atom is -0.357 e. The lowest BCUT2D eigenvalue weighted by Crippen LogP contribution is -2.49. The topological polar surface area (TPSA) is 85.8 Å². The largest absolute Gasteiger partial charge is 0.357 e. The summed E-state index contributed by atoms with van der Waals surface area (Å²) in [7, 11) is 1.82. The highest BCUT2D eigenvalue weighted by molar-refractivity contribution is 14.0. The third-order valence-electron chi connectivity index (χ3n) is 2.79. The van der Waals surface area contributed by atoms with Crippen molar-refractivity contribution in [2.24, 2.45) is 10.9 Å². The summed E-state index contributed by atoms with van der Waals surface area (Å²) in [4.78, 5) is 29.7. The first-order valence-corrected chi connectivity index (χ1v) is 8.15. The van der Waals surface area contributed by atoms with Crippen molar-refractivity contribution in [3.63, 3.8) is 0 Å². The van der Waals surface area contributed by atoms with Gasteiger partial charge in [0.05, 0.1) is 13.1 Å². The van der Waals surface area contributed by atoms with Gasteiger partial charge in [0, 0.05) is 31.6 Å². The number of aliphatic imine (C=N–C) groups is 1. The van der Waals surface area contributed by atoms with Crippen LogP contribution in [0.2, 0.25) is 0 Å². The van der Waals surface area contributed by atoms with Crippen molar-refractivity contribution in [3.8, 4) is 0 Å². The number of hydrogen-bond acceptors (Lipinski definition) is 3. The second kappa shape index (κ2) is 12.3. The summed E-state index contributed by atoms with van der Waals surface area (Å²) in [5.74, 6) is 0.577. The van der Waals surface area contributed by atoms with Crippen molar-refractivity contribution in [3.05, 3.63) is 0 Å². The molecule has 24 heavy (non-hydrogen) atoms. The summed E-state index contributed by atoms with van der Waals surface area (Å²) in [6.45, 7) is 13.4. The zero-order chi connectivity index (χ0) is 18.0. The summed E-state index contributed by atoms with van der Waals surface area (Å²) < 4.78 is 0. The number of nitrogens with one attached hydrogen (secondary N) is 3. The van der Waals surface area contributed by atoms with Crippen LogP contribution < -0.4 is 16.0 Å². The number of hydrogen-bond donors (Lipinski definition) is 3. The molecular formula is C16H34IN5O2. The molecule has 3 N–H and O–H groups in total. The zero-order valence-electron chi connectivity index (χ0n) is 16.0. The first-order valence-electron chi connectivity index (χ1n) is 8.15. The van der Waals surface area contributed by atoms with Gasteiger partial charge >= 0.3 is 0 Å². The molecule has 0 atom stereocenters. The SMILES string of the molecule is CCNC(=NCCNC(=O)C(C)C)N(C)CC(=O)NC(C)(C)C.I. The van der Waals surface area contributed by atoms with Gasteiger partial charge in [0.15, 0.2) is 5.96 Å². The van der Waals surface area contributed by atoms with E-state index in [9.17, 15) is 9.59 Å². The molecule has 0 unspecified atom stereocenters. The van der Waals surface area contributed by atoms with Gasteiger partial charge < -0.3 is 20.9 Å². The third-order valence-corrected chi connectivity index (χ3v) is 2.79. The lowest BCUT2D eigenvalue weighted by atomic mass is 10.1. The lowest BCUT2D eigenvalue weighted by molar-refractivity contribution is -0.124. The quantitative estimate of drug-likeness (QED) is 0.233. The molecule has 7 nitrogen and oxygen atoms in total. The maximum Gasteiger partial charge on any atom is 0.240 e. The molecule has 0 aromatic heterocycles. The van der Waals surface area contributed by atoms with Crippen molar-refractivity contribution in [1.29, 1.82) is 0 Å². The molecule has 0 aromatic rings. The minimum atomic E-state index is -0.255. The van der Waals surface area contributed by atoms with E-state index in [0.29, 0.717) is 25.6 Å². The molecule has 0 saturated heterocycles. The van der Waals surface area contributed by atoms with E-state index in [-0.39, 0.29) is 53.8 Å². The van der Waals surface area contributed by atoms with Crippen LogP contribution in [-0.2, 0) is 9.59 Å². The molecule has 0 aliphatic carbocycles. The number of halogens is 1. The Balaban J connectivity index is 0. The maximum atomic E-state index is 12.0. The lowest BCUT2D eigenvalue weighted by Gasteiger charge is -2.25. The second-order valence-corrected chi connectivity index (χ2v) is 6.84. The van der Waals surface area contributed by atoms with Crippen LogP contribution in [0.4, 0.5) is 0 Å². The Labute approximate surface area is 163 Å². The molecular weight excluding hydrogens is 421 g/mol. The van der Waals surface area contributed by atoms with Crippen molar-refractivity contribution in [1.82, 2.24) is 20.9 Å². The first kappa shape index (κ1) is 25.2. The molecule has 0 radical (unpaired) electrons. The monoisotopic (exact) mass is 455 g/mol. The summed E-state index contributed by atoms with van der Waals surface area (Å²) in [5, 5.41) is 8.88. The molecule has 8 heteroatoms. The fourth-order valence-electron chi connectivity index (χ4n) is 1.76. The molecule has 0 aromatic carbocycles. The molecule has 0 aliphatic heterocycles. The van der Waals surface area contributed by atoms with Gasteiger partial charge in [-0.15, -0.1) is 24.0 Å². The van der Waals surface area contributed by atoms with Crippen LogP contribution in [0.5, 0.6) is 0 Å². The fraction of sp³-hybridized carbons (Fsp3) is 0.812. The number of rotatable bonds is 7. The number of carbonyl (C=O) groups excluding carboxylic acids is 2. The van der Waals surface area contributed by atoms with Gasteiger partial charge in [-0.3, -0.25) is 14.6 Å². The Morgan fingerprint density at radius 3 is 2.21 bits per heavy atom. The Hall–Kier alpha value is -1.06. The van der Waals surface area contributed by atoms with Crippen LogP contribution in [0, 0.1) is 5.92 Å². The number of carbonyl (C=O) groups is 2. The molecule has 0 saturated carbocycles. The molecule has 0 spiro atoms. The Morgan fingerprint density at radius 2 is 1.75 bits per heavy atom. The maximum absolute atomic E-state index is 12.0. The van der Waals surface area contributed by atoms with Crippen molar-refractivity contribution < 1.29 is 9.59 Å². The van der Waals surface area contributed by atoms with Gasteiger partial charge in [0.2, 0.25) is 11.8 Å². The summed E-state index contributed by atoms with van der Waals surface area (Å²) >= 11 is 0. The van der Waals surface area contributed by atoms with E-state index in [1.807, 2.05) is 48.6 Å². The predicted octanol–water partition coefficient (Wildman–Crippen LogP) is 1.19. The highest BCUT2D eigenvalue weighted by atomic mass is 127. The van der Waals surface area contributed by atoms with E-state index >= 15 is 0 Å². The third kappa shape index (κ3) is 12.4. The van der Waals surface area contributed by atoms with Crippen molar-refractivity contribution >= 4 is 41.8 Å². The van der Waals surface area contributed by atoms with Crippen LogP contribution >= 0.6 is 24.0 Å². The molecule has 2 amide bonds. The molecule has 0 aliphatic rings. The molecule has 142 valence electrons. The number of guanidine groups is 1.